The van der Waals surface area contributed by atoms with Crippen molar-refractivity contribution < 1.29 is 40.1 Å². The van der Waals surface area contributed by atoms with Gasteiger partial charge in [0, 0.05) is 5.39 Å². The van der Waals surface area contributed by atoms with Gasteiger partial charge in [0.2, 0.25) is 0 Å². The molecule has 0 atom stereocenters. The van der Waals surface area contributed by atoms with Gasteiger partial charge in [-0.05, 0) is 58.8 Å². The molecule has 0 saturated carbocycles. The fourth-order valence-electron chi connectivity index (χ4n) is 3.08. The second kappa shape index (κ2) is 7.60. The Labute approximate surface area is 168 Å². The van der Waals surface area contributed by atoms with Crippen LogP contribution in [0.5, 0.6) is 5.75 Å². The standard InChI is InChI=1S/C20H14F4O5S/c1-2-14-16-9-12(11-3-6-13(21)7-4-11)5-8-15(16)18(10-17(14)19(25)26)29-30(27,28)20(22,23)24/h3-10H,2H2,1H3,(H,25,26). The first-order valence-electron chi connectivity index (χ1n) is 8.54. The van der Waals surface area contributed by atoms with Crippen LogP contribution in [0.3, 0.4) is 0 Å². The number of aromatic carboxylic acids is 1. The summed E-state index contributed by atoms with van der Waals surface area (Å²) < 4.78 is 78.8. The Kier molecular flexibility index (Phi) is 5.46. The maximum atomic E-state index is 13.2. The van der Waals surface area contributed by atoms with Crippen LogP contribution in [0.2, 0.25) is 0 Å². The van der Waals surface area contributed by atoms with E-state index >= 15 is 0 Å². The quantitative estimate of drug-likeness (QED) is 0.336. The molecule has 0 heterocycles. The first-order chi connectivity index (χ1) is 13.9. The zero-order chi connectivity index (χ0) is 22.3. The minimum atomic E-state index is -6.01. The average molecular weight is 442 g/mol. The molecule has 0 fully saturated rings. The normalized spacial score (nSPS) is 12.2. The van der Waals surface area contributed by atoms with Gasteiger partial charge >= 0.3 is 21.6 Å². The number of carboxylic acid groups (broad SMARTS) is 1. The van der Waals surface area contributed by atoms with Gasteiger partial charge in [0.1, 0.15) is 5.82 Å². The summed E-state index contributed by atoms with van der Waals surface area (Å²) >= 11 is 0. The van der Waals surface area contributed by atoms with E-state index in [0.29, 0.717) is 16.7 Å². The largest absolute Gasteiger partial charge is 0.534 e. The Bertz CT molecular complexity index is 1230. The van der Waals surface area contributed by atoms with Gasteiger partial charge in [0.25, 0.3) is 0 Å². The van der Waals surface area contributed by atoms with E-state index in [1.165, 1.54) is 42.5 Å². The molecule has 0 bridgehead atoms. The molecule has 0 radical (unpaired) electrons. The highest BCUT2D eigenvalue weighted by molar-refractivity contribution is 7.88. The lowest BCUT2D eigenvalue weighted by Gasteiger charge is -2.16. The topological polar surface area (TPSA) is 80.7 Å². The van der Waals surface area contributed by atoms with E-state index in [9.17, 15) is 35.9 Å². The summed E-state index contributed by atoms with van der Waals surface area (Å²) in [6, 6.07) is 10.5. The number of fused-ring (bicyclic) bond motifs is 1. The van der Waals surface area contributed by atoms with Crippen LogP contribution < -0.4 is 4.18 Å². The van der Waals surface area contributed by atoms with Crippen LogP contribution in [0.25, 0.3) is 21.9 Å². The van der Waals surface area contributed by atoms with Crippen LogP contribution in [0.4, 0.5) is 17.6 Å². The number of hydrogen-bond acceptors (Lipinski definition) is 4. The molecule has 0 spiro atoms. The van der Waals surface area contributed by atoms with E-state index < -0.39 is 33.2 Å². The summed E-state index contributed by atoms with van der Waals surface area (Å²) in [5.74, 6) is -2.66. The van der Waals surface area contributed by atoms with Crippen molar-refractivity contribution in [1.29, 1.82) is 0 Å². The van der Waals surface area contributed by atoms with Gasteiger partial charge in [-0.2, -0.15) is 21.6 Å². The van der Waals surface area contributed by atoms with E-state index in [1.807, 2.05) is 0 Å². The predicted molar refractivity (Wildman–Crippen MR) is 101 cm³/mol. The minimum Gasteiger partial charge on any atom is -0.478 e. The zero-order valence-electron chi connectivity index (χ0n) is 15.3. The molecule has 30 heavy (non-hydrogen) atoms. The molecule has 3 rings (SSSR count). The lowest BCUT2D eigenvalue weighted by molar-refractivity contribution is -0.0499. The van der Waals surface area contributed by atoms with E-state index in [4.69, 9.17) is 0 Å². The fraction of sp³-hybridized carbons (Fsp3) is 0.150. The zero-order valence-corrected chi connectivity index (χ0v) is 16.1. The highest BCUT2D eigenvalue weighted by Gasteiger charge is 2.48. The second-order valence-corrected chi connectivity index (χ2v) is 7.85. The summed E-state index contributed by atoms with van der Waals surface area (Å²) in [6.45, 7) is 1.65. The monoisotopic (exact) mass is 442 g/mol. The molecule has 5 nitrogen and oxygen atoms in total. The van der Waals surface area contributed by atoms with Gasteiger partial charge in [-0.25, -0.2) is 9.18 Å². The molecule has 0 aliphatic heterocycles. The summed E-state index contributed by atoms with van der Waals surface area (Å²) in [6.07, 6.45) is 0.206. The van der Waals surface area contributed by atoms with Crippen molar-refractivity contribution in [3.8, 4) is 16.9 Å². The van der Waals surface area contributed by atoms with Gasteiger partial charge in [0.05, 0.1) is 5.56 Å². The summed E-state index contributed by atoms with van der Waals surface area (Å²) in [4.78, 5) is 11.7. The predicted octanol–water partition coefficient (Wildman–Crippen LogP) is 5.13. The number of halogens is 4. The molecule has 1 N–H and O–H groups in total. The van der Waals surface area contributed by atoms with Gasteiger partial charge in [-0.1, -0.05) is 25.1 Å². The van der Waals surface area contributed by atoms with Crippen molar-refractivity contribution in [2.45, 2.75) is 18.9 Å². The van der Waals surface area contributed by atoms with Crippen molar-refractivity contribution in [1.82, 2.24) is 0 Å². The van der Waals surface area contributed by atoms with E-state index in [-0.39, 0.29) is 22.8 Å². The van der Waals surface area contributed by atoms with Crippen molar-refractivity contribution in [2.24, 2.45) is 0 Å². The Morgan fingerprint density at radius 3 is 2.13 bits per heavy atom. The third kappa shape index (κ3) is 3.95. The van der Waals surface area contributed by atoms with Gasteiger partial charge in [0.15, 0.2) is 5.75 Å². The number of alkyl halides is 3. The number of benzene rings is 3. The maximum Gasteiger partial charge on any atom is 0.534 e. The lowest BCUT2D eigenvalue weighted by atomic mass is 9.93. The molecular weight excluding hydrogens is 428 g/mol. The van der Waals surface area contributed by atoms with Gasteiger partial charge in [-0.15, -0.1) is 0 Å². The molecule has 3 aromatic rings. The summed E-state index contributed by atoms with van der Waals surface area (Å²) in [5.41, 5.74) is -4.66. The second-order valence-electron chi connectivity index (χ2n) is 6.31. The number of aryl methyl sites for hydroxylation is 1. The van der Waals surface area contributed by atoms with Crippen molar-refractivity contribution >= 4 is 26.9 Å². The van der Waals surface area contributed by atoms with Crippen LogP contribution in [-0.2, 0) is 16.5 Å². The molecular formula is C20H14F4O5S. The molecule has 3 aromatic carbocycles. The lowest BCUT2D eigenvalue weighted by Crippen LogP contribution is -2.28. The third-order valence-corrected chi connectivity index (χ3v) is 5.42. The molecule has 0 aromatic heterocycles. The van der Waals surface area contributed by atoms with Crippen LogP contribution >= 0.6 is 0 Å². The van der Waals surface area contributed by atoms with E-state index in [2.05, 4.69) is 4.18 Å². The first-order valence-corrected chi connectivity index (χ1v) is 9.95. The molecule has 10 heteroatoms. The minimum absolute atomic E-state index is 0.00413. The Balaban J connectivity index is 2.30. The fourth-order valence-corrected chi connectivity index (χ4v) is 3.55. The smallest absolute Gasteiger partial charge is 0.478 e. The van der Waals surface area contributed by atoms with Crippen molar-refractivity contribution in [3.05, 3.63) is 65.5 Å². The van der Waals surface area contributed by atoms with Crippen molar-refractivity contribution in [2.75, 3.05) is 0 Å². The highest BCUT2D eigenvalue weighted by atomic mass is 32.2. The summed E-state index contributed by atoms with van der Waals surface area (Å²) in [7, 11) is -6.01. The average Bonchev–Trinajstić information content (AvgIpc) is 2.66. The number of carboxylic acids is 1. The molecule has 0 unspecified atom stereocenters. The Morgan fingerprint density at radius 1 is 1.00 bits per heavy atom. The molecule has 0 aliphatic rings. The molecule has 0 amide bonds. The van der Waals surface area contributed by atoms with E-state index in [1.54, 1.807) is 6.92 Å². The Hall–Kier alpha value is -3.14. The van der Waals surface area contributed by atoms with Crippen molar-refractivity contribution in [3.63, 3.8) is 0 Å². The van der Waals surface area contributed by atoms with Gasteiger partial charge < -0.3 is 9.29 Å². The van der Waals surface area contributed by atoms with Crippen LogP contribution in [0, 0.1) is 5.82 Å². The molecule has 158 valence electrons. The number of rotatable bonds is 5. The number of hydrogen-bond donors (Lipinski definition) is 1. The van der Waals surface area contributed by atoms with Crippen LogP contribution in [0.15, 0.2) is 48.5 Å². The molecule has 0 saturated heterocycles. The van der Waals surface area contributed by atoms with Crippen LogP contribution in [0.1, 0.15) is 22.8 Å². The first kappa shape index (κ1) is 21.6. The SMILES string of the molecule is CCc1c(C(=O)O)cc(OS(=O)(=O)C(F)(F)F)c2ccc(-c3ccc(F)cc3)cc12. The molecule has 0 aliphatic carbocycles. The third-order valence-electron chi connectivity index (χ3n) is 4.46. The van der Waals surface area contributed by atoms with E-state index in [0.717, 1.165) is 6.07 Å². The van der Waals surface area contributed by atoms with Gasteiger partial charge in [-0.3, -0.25) is 0 Å². The highest BCUT2D eigenvalue weighted by Crippen LogP contribution is 2.37. The number of carbonyl (C=O) groups is 1. The summed E-state index contributed by atoms with van der Waals surface area (Å²) in [5, 5.41) is 9.70. The van der Waals surface area contributed by atoms with Crippen LogP contribution in [-0.4, -0.2) is 25.0 Å². The maximum absolute atomic E-state index is 13.2. The Morgan fingerprint density at radius 2 is 1.60 bits per heavy atom.